The van der Waals surface area contributed by atoms with Gasteiger partial charge in [-0.2, -0.15) is 0 Å². The van der Waals surface area contributed by atoms with E-state index in [1.807, 2.05) is 36.4 Å². The molecule has 7 heteroatoms. The third kappa shape index (κ3) is 9.06. The Balaban J connectivity index is 1.30. The summed E-state index contributed by atoms with van der Waals surface area (Å²) in [5.74, 6) is 2.61. The molecular formula is C32H44O7. The molecule has 2 aliphatic heterocycles. The van der Waals surface area contributed by atoms with Crippen molar-refractivity contribution in [3.8, 4) is 23.0 Å². The fourth-order valence-corrected chi connectivity index (χ4v) is 5.34. The molecule has 1 N–H and O–H groups in total. The van der Waals surface area contributed by atoms with E-state index in [4.69, 9.17) is 23.7 Å². The zero-order valence-electron chi connectivity index (χ0n) is 23.3. The molecule has 0 saturated carbocycles. The van der Waals surface area contributed by atoms with Gasteiger partial charge in [0.2, 0.25) is 13.6 Å². The second-order valence-corrected chi connectivity index (χ2v) is 10.7. The molecule has 0 bridgehead atoms. The highest BCUT2D eigenvalue weighted by Gasteiger charge is 2.26. The summed E-state index contributed by atoms with van der Waals surface area (Å²) in [6.07, 6.45) is 12.6. The second kappa shape index (κ2) is 15.6. The Morgan fingerprint density at radius 3 is 1.82 bits per heavy atom. The number of carbonyl (C=O) groups is 1. The van der Waals surface area contributed by atoms with Crippen molar-refractivity contribution >= 4 is 5.97 Å². The molecule has 0 radical (unpaired) electrons. The third-order valence-corrected chi connectivity index (χ3v) is 7.71. The second-order valence-electron chi connectivity index (χ2n) is 10.7. The summed E-state index contributed by atoms with van der Waals surface area (Å²) in [5.41, 5.74) is 2.11. The number of ether oxygens (including phenoxy) is 5. The average Bonchev–Trinajstić information content (AvgIpc) is 3.62. The Morgan fingerprint density at radius 1 is 0.744 bits per heavy atom. The van der Waals surface area contributed by atoms with Crippen LogP contribution in [0.1, 0.15) is 82.3 Å². The van der Waals surface area contributed by atoms with Crippen LogP contribution in [0.15, 0.2) is 36.4 Å². The smallest absolute Gasteiger partial charge is 0.305 e. The van der Waals surface area contributed by atoms with Crippen LogP contribution in [0.4, 0.5) is 0 Å². The first-order chi connectivity index (χ1) is 19.2. The van der Waals surface area contributed by atoms with Crippen molar-refractivity contribution in [2.45, 2.75) is 84.0 Å². The molecule has 0 aromatic heterocycles. The fraction of sp³-hybridized carbons (Fsp3) is 0.594. The largest absolute Gasteiger partial charge is 0.465 e. The lowest BCUT2D eigenvalue weighted by atomic mass is 9.83. The first-order valence-electron chi connectivity index (χ1n) is 14.7. The monoisotopic (exact) mass is 540 g/mol. The molecule has 2 aromatic carbocycles. The van der Waals surface area contributed by atoms with Crippen LogP contribution >= 0.6 is 0 Å². The van der Waals surface area contributed by atoms with Gasteiger partial charge in [-0.15, -0.1) is 0 Å². The maximum atomic E-state index is 12.6. The third-order valence-electron chi connectivity index (χ3n) is 7.71. The zero-order valence-corrected chi connectivity index (χ0v) is 23.3. The van der Waals surface area contributed by atoms with E-state index < -0.39 is 0 Å². The predicted molar refractivity (Wildman–Crippen MR) is 149 cm³/mol. The van der Waals surface area contributed by atoms with E-state index in [0.29, 0.717) is 19.3 Å². The Bertz CT molecular complexity index is 1040. The first kappa shape index (κ1) is 29.1. The first-order valence-corrected chi connectivity index (χ1v) is 14.7. The van der Waals surface area contributed by atoms with Gasteiger partial charge in [-0.05, 0) is 60.6 Å². The number of hydrogen-bond acceptors (Lipinski definition) is 7. The van der Waals surface area contributed by atoms with Gasteiger partial charge in [-0.1, -0.05) is 70.4 Å². The number of rotatable bonds is 18. The number of aliphatic hydroxyl groups is 1. The summed E-state index contributed by atoms with van der Waals surface area (Å²) < 4.78 is 27.8. The molecule has 0 aliphatic carbocycles. The van der Waals surface area contributed by atoms with Gasteiger partial charge < -0.3 is 28.8 Å². The van der Waals surface area contributed by atoms with Gasteiger partial charge in [-0.25, -0.2) is 0 Å². The summed E-state index contributed by atoms with van der Waals surface area (Å²) in [6.45, 7) is 2.94. The van der Waals surface area contributed by atoms with Crippen molar-refractivity contribution in [1.29, 1.82) is 0 Å². The van der Waals surface area contributed by atoms with Crippen molar-refractivity contribution in [1.82, 2.24) is 0 Å². The van der Waals surface area contributed by atoms with Gasteiger partial charge in [0.05, 0.1) is 6.61 Å². The van der Waals surface area contributed by atoms with Gasteiger partial charge >= 0.3 is 5.97 Å². The minimum absolute atomic E-state index is 0.0144. The summed E-state index contributed by atoms with van der Waals surface area (Å²) in [5, 5.41) is 10.4. The number of unbranched alkanes of at least 4 members (excludes halogenated alkanes) is 8. The van der Waals surface area contributed by atoms with Crippen LogP contribution in [0, 0.1) is 11.8 Å². The SMILES string of the molecule is CCCCCCCCCCCC(=O)OCC(Cc1ccc2c(c1)OCO2)C(CO)Cc1ccc2c(c1)OCO2. The van der Waals surface area contributed by atoms with E-state index >= 15 is 0 Å². The van der Waals surface area contributed by atoms with E-state index in [1.165, 1.54) is 44.9 Å². The van der Waals surface area contributed by atoms with Crippen molar-refractivity contribution in [3.05, 3.63) is 47.5 Å². The molecule has 2 unspecified atom stereocenters. The number of aliphatic hydroxyl groups excluding tert-OH is 1. The van der Waals surface area contributed by atoms with E-state index in [-0.39, 0.29) is 44.6 Å². The zero-order chi connectivity index (χ0) is 27.3. The summed E-state index contributed by atoms with van der Waals surface area (Å²) in [6, 6.07) is 11.8. The molecule has 0 saturated heterocycles. The van der Waals surface area contributed by atoms with Crippen LogP contribution in [-0.4, -0.2) is 37.9 Å². The van der Waals surface area contributed by atoms with Crippen LogP contribution in [0.25, 0.3) is 0 Å². The number of carbonyl (C=O) groups excluding carboxylic acids is 1. The molecule has 7 nitrogen and oxygen atoms in total. The lowest BCUT2D eigenvalue weighted by molar-refractivity contribution is -0.146. The van der Waals surface area contributed by atoms with Gasteiger partial charge in [0, 0.05) is 18.9 Å². The van der Waals surface area contributed by atoms with E-state index in [9.17, 15) is 9.90 Å². The Labute approximate surface area is 232 Å². The fourth-order valence-electron chi connectivity index (χ4n) is 5.34. The molecule has 39 heavy (non-hydrogen) atoms. The normalized spacial score (nSPS) is 14.8. The molecule has 2 atom stereocenters. The Kier molecular flexibility index (Phi) is 11.6. The molecule has 0 fully saturated rings. The average molecular weight is 541 g/mol. The highest BCUT2D eigenvalue weighted by atomic mass is 16.7. The molecule has 214 valence electrons. The molecule has 2 aromatic rings. The molecular weight excluding hydrogens is 496 g/mol. The molecule has 4 rings (SSSR count). The minimum Gasteiger partial charge on any atom is -0.465 e. The number of esters is 1. The molecule has 0 spiro atoms. The van der Waals surface area contributed by atoms with Crippen molar-refractivity contribution in [2.75, 3.05) is 26.8 Å². The van der Waals surface area contributed by atoms with E-state index in [0.717, 1.165) is 47.0 Å². The standard InChI is InChI=1S/C32H44O7/c1-2-3-4-5-6-7-8-9-10-11-32(34)35-21-27(17-25-13-15-29-31(19-25)39-23-37-29)26(20-33)16-24-12-14-28-30(18-24)38-22-36-28/h12-15,18-19,26-27,33H,2-11,16-17,20-23H2,1H3. The Morgan fingerprint density at radius 2 is 1.26 bits per heavy atom. The predicted octanol–water partition coefficient (Wildman–Crippen LogP) is 6.62. The lowest BCUT2D eigenvalue weighted by Crippen LogP contribution is -2.28. The van der Waals surface area contributed by atoms with Crippen LogP contribution in [0.5, 0.6) is 23.0 Å². The summed E-state index contributed by atoms with van der Waals surface area (Å²) in [7, 11) is 0. The number of fused-ring (bicyclic) bond motifs is 2. The summed E-state index contributed by atoms with van der Waals surface area (Å²) >= 11 is 0. The van der Waals surface area contributed by atoms with Gasteiger partial charge in [0.1, 0.15) is 0 Å². The highest BCUT2D eigenvalue weighted by Crippen LogP contribution is 2.36. The maximum Gasteiger partial charge on any atom is 0.305 e. The van der Waals surface area contributed by atoms with Crippen molar-refractivity contribution in [2.24, 2.45) is 11.8 Å². The number of hydrogen-bond donors (Lipinski definition) is 1. The quantitative estimate of drug-likeness (QED) is 0.168. The number of benzene rings is 2. The Hall–Kier alpha value is -2.93. The van der Waals surface area contributed by atoms with Crippen LogP contribution < -0.4 is 18.9 Å². The van der Waals surface area contributed by atoms with Gasteiger partial charge in [0.25, 0.3) is 0 Å². The topological polar surface area (TPSA) is 83.5 Å². The van der Waals surface area contributed by atoms with Gasteiger partial charge in [0.15, 0.2) is 23.0 Å². The maximum absolute atomic E-state index is 12.6. The molecule has 2 heterocycles. The van der Waals surface area contributed by atoms with E-state index in [2.05, 4.69) is 6.92 Å². The van der Waals surface area contributed by atoms with E-state index in [1.54, 1.807) is 0 Å². The van der Waals surface area contributed by atoms with Crippen LogP contribution in [0.3, 0.4) is 0 Å². The van der Waals surface area contributed by atoms with Crippen LogP contribution in [-0.2, 0) is 22.4 Å². The van der Waals surface area contributed by atoms with Crippen LogP contribution in [0.2, 0.25) is 0 Å². The molecule has 2 aliphatic rings. The van der Waals surface area contributed by atoms with Crippen molar-refractivity contribution in [3.63, 3.8) is 0 Å². The minimum atomic E-state index is -0.159. The van der Waals surface area contributed by atoms with Crippen molar-refractivity contribution < 1.29 is 33.6 Å². The molecule has 0 amide bonds. The highest BCUT2D eigenvalue weighted by molar-refractivity contribution is 5.69. The summed E-state index contributed by atoms with van der Waals surface area (Å²) in [4.78, 5) is 12.6. The van der Waals surface area contributed by atoms with Gasteiger partial charge in [-0.3, -0.25) is 4.79 Å². The lowest BCUT2D eigenvalue weighted by Gasteiger charge is -2.26.